The Morgan fingerprint density at radius 1 is 0.241 bits per heavy atom. The molecule has 0 bridgehead atoms. The molecule has 0 atom stereocenters. The summed E-state index contributed by atoms with van der Waals surface area (Å²) >= 11 is 0. The highest BCUT2D eigenvalue weighted by Gasteiger charge is 2.18. The molecule has 3 nitrogen and oxygen atoms in total. The highest BCUT2D eigenvalue weighted by Crippen LogP contribution is 2.43. The fourth-order valence-electron chi connectivity index (χ4n) is 8.44. The van der Waals surface area contributed by atoms with Gasteiger partial charge in [0.25, 0.3) is 0 Å². The molecule has 11 aromatic rings. The van der Waals surface area contributed by atoms with Crippen molar-refractivity contribution in [2.45, 2.75) is 0 Å². The molecule has 0 aliphatic rings. The Balaban J connectivity index is 1.01. The first kappa shape index (κ1) is 33.6. The van der Waals surface area contributed by atoms with Gasteiger partial charge in [-0.15, -0.1) is 0 Å². The van der Waals surface area contributed by atoms with E-state index < -0.39 is 0 Å². The zero-order valence-corrected chi connectivity index (χ0v) is 31.5. The number of rotatable bonds is 6. The molecule has 11 rings (SSSR count). The molecular weight excluding hydrogens is 703 g/mol. The summed E-state index contributed by atoms with van der Waals surface area (Å²) in [6, 6.07) is 75.0. The van der Waals surface area contributed by atoms with Crippen LogP contribution < -0.4 is 0 Å². The Kier molecular flexibility index (Phi) is 8.15. The van der Waals surface area contributed by atoms with E-state index >= 15 is 0 Å². The van der Waals surface area contributed by atoms with Crippen LogP contribution in [0.2, 0.25) is 0 Å². The van der Waals surface area contributed by atoms with Gasteiger partial charge in [-0.05, 0) is 62.0 Å². The van der Waals surface area contributed by atoms with Gasteiger partial charge in [0.05, 0.1) is 22.6 Å². The molecule has 0 unspecified atom stereocenters. The molecule has 0 saturated carbocycles. The minimum Gasteiger partial charge on any atom is -0.247 e. The van der Waals surface area contributed by atoms with Gasteiger partial charge in [0.15, 0.2) is 5.82 Å². The third kappa shape index (κ3) is 5.89. The van der Waals surface area contributed by atoms with Crippen molar-refractivity contribution < 1.29 is 0 Å². The second-order valence-electron chi connectivity index (χ2n) is 14.7. The maximum Gasteiger partial charge on any atom is 0.160 e. The van der Waals surface area contributed by atoms with Gasteiger partial charge < -0.3 is 0 Å². The van der Waals surface area contributed by atoms with Crippen LogP contribution in [0.3, 0.4) is 0 Å². The van der Waals surface area contributed by atoms with Crippen LogP contribution in [-0.2, 0) is 0 Å². The highest BCUT2D eigenvalue weighted by molar-refractivity contribution is 6.33. The van der Waals surface area contributed by atoms with Crippen molar-refractivity contribution in [3.05, 3.63) is 212 Å². The number of fused-ring (bicyclic) bond motifs is 8. The minimum atomic E-state index is 0.688. The van der Waals surface area contributed by atoms with Crippen molar-refractivity contribution >= 4 is 43.2 Å². The third-order valence-corrected chi connectivity index (χ3v) is 11.3. The second kappa shape index (κ2) is 14.1. The molecule has 270 valence electrons. The predicted octanol–water partition coefficient (Wildman–Crippen LogP) is 14.5. The molecule has 0 spiro atoms. The normalized spacial score (nSPS) is 11.4. The summed E-state index contributed by atoms with van der Waals surface area (Å²) in [7, 11) is 0. The molecule has 0 radical (unpaired) electrons. The van der Waals surface area contributed by atoms with Crippen LogP contribution in [0, 0.1) is 0 Å². The van der Waals surface area contributed by atoms with Crippen LogP contribution >= 0.6 is 0 Å². The Labute approximate surface area is 336 Å². The number of hydrogen-bond acceptors (Lipinski definition) is 3. The zero-order chi connectivity index (χ0) is 38.4. The van der Waals surface area contributed by atoms with Crippen LogP contribution in [0.5, 0.6) is 0 Å². The fourth-order valence-corrected chi connectivity index (χ4v) is 8.44. The van der Waals surface area contributed by atoms with Gasteiger partial charge in [-0.2, -0.15) is 0 Å². The average Bonchev–Trinajstić information content (AvgIpc) is 3.32. The Bertz CT molecular complexity index is 3300. The summed E-state index contributed by atoms with van der Waals surface area (Å²) in [6.45, 7) is 0. The summed E-state index contributed by atoms with van der Waals surface area (Å²) in [5.74, 6) is 0.688. The van der Waals surface area contributed by atoms with E-state index in [-0.39, 0.29) is 0 Å². The van der Waals surface area contributed by atoms with E-state index in [1.54, 1.807) is 0 Å². The van der Waals surface area contributed by atoms with Crippen LogP contribution in [0.1, 0.15) is 0 Å². The van der Waals surface area contributed by atoms with Crippen molar-refractivity contribution in [2.75, 3.05) is 0 Å². The van der Waals surface area contributed by atoms with Gasteiger partial charge in [-0.25, -0.2) is 15.0 Å². The molecule has 0 aliphatic heterocycles. The topological polar surface area (TPSA) is 38.7 Å². The SMILES string of the molecule is c1ccc(-c2ccc(-c3cc(-c4ccccc4)nc(-c4cccc(-c5ccc(-c6nc7ccccc7c7c8ccccc8c8ccccc8c67)cc5)c4)n3)cc2)cc1. The number of para-hydroxylation sites is 1. The Morgan fingerprint density at radius 2 is 0.672 bits per heavy atom. The number of hydrogen-bond donors (Lipinski definition) is 0. The monoisotopic (exact) mass is 737 g/mol. The van der Waals surface area contributed by atoms with Gasteiger partial charge in [0, 0.05) is 38.4 Å². The molecule has 3 heteroatoms. The molecule has 0 amide bonds. The van der Waals surface area contributed by atoms with E-state index in [2.05, 4.69) is 200 Å². The summed E-state index contributed by atoms with van der Waals surface area (Å²) in [5, 5.41) is 8.56. The molecular formula is C55H35N3. The predicted molar refractivity (Wildman–Crippen MR) is 242 cm³/mol. The highest BCUT2D eigenvalue weighted by atomic mass is 14.9. The fraction of sp³-hybridized carbons (Fsp3) is 0. The zero-order valence-electron chi connectivity index (χ0n) is 31.5. The van der Waals surface area contributed by atoms with Crippen LogP contribution in [0.15, 0.2) is 212 Å². The molecule has 58 heavy (non-hydrogen) atoms. The molecule has 0 aliphatic carbocycles. The van der Waals surface area contributed by atoms with E-state index in [1.807, 2.05) is 12.1 Å². The van der Waals surface area contributed by atoms with Crippen molar-refractivity contribution in [3.8, 4) is 67.4 Å². The van der Waals surface area contributed by atoms with E-state index in [0.29, 0.717) is 5.82 Å². The van der Waals surface area contributed by atoms with Gasteiger partial charge >= 0.3 is 0 Å². The van der Waals surface area contributed by atoms with E-state index in [1.165, 1.54) is 48.8 Å². The van der Waals surface area contributed by atoms with Gasteiger partial charge in [-0.3, -0.25) is 0 Å². The van der Waals surface area contributed by atoms with Crippen molar-refractivity contribution in [2.24, 2.45) is 0 Å². The van der Waals surface area contributed by atoms with Crippen molar-refractivity contribution in [3.63, 3.8) is 0 Å². The molecule has 0 saturated heterocycles. The van der Waals surface area contributed by atoms with Crippen LogP contribution in [-0.4, -0.2) is 15.0 Å². The summed E-state index contributed by atoms with van der Waals surface area (Å²) in [4.78, 5) is 15.7. The summed E-state index contributed by atoms with van der Waals surface area (Å²) in [6.07, 6.45) is 0. The van der Waals surface area contributed by atoms with E-state index in [9.17, 15) is 0 Å². The van der Waals surface area contributed by atoms with Gasteiger partial charge in [0.1, 0.15) is 0 Å². The summed E-state index contributed by atoms with van der Waals surface area (Å²) in [5.41, 5.74) is 12.5. The minimum absolute atomic E-state index is 0.688. The lowest BCUT2D eigenvalue weighted by Gasteiger charge is -2.16. The smallest absolute Gasteiger partial charge is 0.160 e. The molecule has 0 N–H and O–H groups in total. The van der Waals surface area contributed by atoms with Crippen molar-refractivity contribution in [1.29, 1.82) is 0 Å². The third-order valence-electron chi connectivity index (χ3n) is 11.3. The summed E-state index contributed by atoms with van der Waals surface area (Å²) < 4.78 is 0. The first-order valence-electron chi connectivity index (χ1n) is 19.7. The largest absolute Gasteiger partial charge is 0.247 e. The first-order valence-corrected chi connectivity index (χ1v) is 19.7. The number of pyridine rings is 1. The van der Waals surface area contributed by atoms with Crippen molar-refractivity contribution in [1.82, 2.24) is 15.0 Å². The molecule has 2 aromatic heterocycles. The van der Waals surface area contributed by atoms with Crippen LogP contribution in [0.4, 0.5) is 0 Å². The lowest BCUT2D eigenvalue weighted by atomic mass is 9.89. The Hall–Kier alpha value is -7.75. The van der Waals surface area contributed by atoms with Gasteiger partial charge in [0.2, 0.25) is 0 Å². The van der Waals surface area contributed by atoms with Gasteiger partial charge in [-0.1, -0.05) is 194 Å². The van der Waals surface area contributed by atoms with E-state index in [0.717, 1.165) is 56.0 Å². The Morgan fingerprint density at radius 3 is 1.33 bits per heavy atom. The van der Waals surface area contributed by atoms with Crippen LogP contribution in [0.25, 0.3) is 111 Å². The number of nitrogens with zero attached hydrogens (tertiary/aromatic N) is 3. The maximum atomic E-state index is 5.36. The second-order valence-corrected chi connectivity index (χ2v) is 14.7. The molecule has 0 fully saturated rings. The number of aromatic nitrogens is 3. The molecule has 2 heterocycles. The lowest BCUT2D eigenvalue weighted by molar-refractivity contribution is 1.18. The maximum absolute atomic E-state index is 5.36. The van der Waals surface area contributed by atoms with E-state index in [4.69, 9.17) is 15.0 Å². The first-order chi connectivity index (χ1) is 28.7. The quantitative estimate of drug-likeness (QED) is 0.160. The number of benzene rings is 9. The lowest BCUT2D eigenvalue weighted by Crippen LogP contribution is -1.96. The standard InChI is InChI=1S/C55H35N3/c1-3-14-36(15-4-1)37-26-30-40(31-27-37)51-35-50(39-16-5-2-6-17-39)57-55(58-51)43-19-13-18-42(34-43)38-28-32-41(33-29-38)54-53-47-23-10-8-21-45(47)44-20-7-9-22-46(44)52(53)48-24-11-12-25-49(48)56-54/h1-35H. The average molecular weight is 738 g/mol. The molecule has 9 aromatic carbocycles.